The van der Waals surface area contributed by atoms with E-state index in [0.717, 1.165) is 22.8 Å². The van der Waals surface area contributed by atoms with Crippen LogP contribution in [-0.2, 0) is 0 Å². The molecule has 0 radical (unpaired) electrons. The minimum absolute atomic E-state index is 0.00811. The third-order valence-electron chi connectivity index (χ3n) is 3.29. The fourth-order valence-electron chi connectivity index (χ4n) is 2.32. The number of benzene rings is 1. The van der Waals surface area contributed by atoms with E-state index in [2.05, 4.69) is 22.6 Å². The van der Waals surface area contributed by atoms with Crippen molar-refractivity contribution in [2.45, 2.75) is 25.4 Å². The summed E-state index contributed by atoms with van der Waals surface area (Å²) >= 11 is 2.05. The van der Waals surface area contributed by atoms with E-state index in [4.69, 9.17) is 10.5 Å². The smallest absolute Gasteiger partial charge is 0.311 e. The molecule has 0 bridgehead atoms. The second-order valence-corrected chi connectivity index (χ2v) is 5.70. The Hall–Kier alpha value is -0.890. The molecular formula is C12H15IN2O3. The Balaban J connectivity index is 2.20. The van der Waals surface area contributed by atoms with Crippen LogP contribution in [-0.4, -0.2) is 17.6 Å². The predicted molar refractivity (Wildman–Crippen MR) is 76.6 cm³/mol. The highest BCUT2D eigenvalue weighted by molar-refractivity contribution is 14.1. The number of hydrogen-bond donors (Lipinski definition) is 1. The van der Waals surface area contributed by atoms with E-state index in [9.17, 15) is 10.1 Å². The minimum atomic E-state index is -0.399. The summed E-state index contributed by atoms with van der Waals surface area (Å²) in [6.45, 7) is 0.572. The first-order valence-electron chi connectivity index (χ1n) is 5.92. The van der Waals surface area contributed by atoms with Crippen LogP contribution in [0.2, 0.25) is 0 Å². The van der Waals surface area contributed by atoms with Gasteiger partial charge >= 0.3 is 5.69 Å². The van der Waals surface area contributed by atoms with Crippen LogP contribution in [0.4, 0.5) is 5.69 Å². The van der Waals surface area contributed by atoms with Crippen molar-refractivity contribution in [2.75, 3.05) is 6.54 Å². The summed E-state index contributed by atoms with van der Waals surface area (Å²) in [5.74, 6) is 0.662. The SMILES string of the molecule is NC[C@H]1CCC[C@H]1Oc1ccc(I)cc1[N+](=O)[O-]. The Morgan fingerprint density at radius 2 is 2.28 bits per heavy atom. The molecule has 0 spiro atoms. The van der Waals surface area contributed by atoms with Crippen LogP contribution in [0.25, 0.3) is 0 Å². The number of ether oxygens (including phenoxy) is 1. The molecule has 2 atom stereocenters. The number of nitrogens with two attached hydrogens (primary N) is 1. The quantitative estimate of drug-likeness (QED) is 0.508. The van der Waals surface area contributed by atoms with Gasteiger partial charge in [-0.1, -0.05) is 0 Å². The summed E-state index contributed by atoms with van der Waals surface area (Å²) in [4.78, 5) is 10.6. The zero-order chi connectivity index (χ0) is 13.1. The first kappa shape index (κ1) is 13.5. The minimum Gasteiger partial charge on any atom is -0.483 e. The van der Waals surface area contributed by atoms with Gasteiger partial charge in [-0.25, -0.2) is 0 Å². The van der Waals surface area contributed by atoms with Gasteiger partial charge in [0.15, 0.2) is 5.75 Å². The molecule has 0 heterocycles. The molecule has 2 N–H and O–H groups in total. The molecule has 1 aromatic rings. The van der Waals surface area contributed by atoms with E-state index >= 15 is 0 Å². The summed E-state index contributed by atoms with van der Waals surface area (Å²) in [7, 11) is 0. The molecule has 0 amide bonds. The van der Waals surface area contributed by atoms with Crippen molar-refractivity contribution in [3.8, 4) is 5.75 Å². The van der Waals surface area contributed by atoms with Crippen LogP contribution in [0.3, 0.4) is 0 Å². The highest BCUT2D eigenvalue weighted by Gasteiger charge is 2.29. The van der Waals surface area contributed by atoms with Gasteiger partial charge in [0.2, 0.25) is 0 Å². The van der Waals surface area contributed by atoms with E-state index in [1.807, 2.05) is 6.07 Å². The van der Waals surface area contributed by atoms with Gasteiger partial charge < -0.3 is 10.5 Å². The zero-order valence-electron chi connectivity index (χ0n) is 9.84. The lowest BCUT2D eigenvalue weighted by molar-refractivity contribution is -0.386. The van der Waals surface area contributed by atoms with Crippen LogP contribution in [0.1, 0.15) is 19.3 Å². The molecule has 0 saturated heterocycles. The number of hydrogen-bond acceptors (Lipinski definition) is 4. The lowest BCUT2D eigenvalue weighted by Crippen LogP contribution is -2.27. The van der Waals surface area contributed by atoms with Crippen LogP contribution >= 0.6 is 22.6 Å². The van der Waals surface area contributed by atoms with Gasteiger partial charge in [0.25, 0.3) is 0 Å². The first-order chi connectivity index (χ1) is 8.61. The van der Waals surface area contributed by atoms with Gasteiger partial charge in [-0.15, -0.1) is 0 Å². The van der Waals surface area contributed by atoms with E-state index in [1.54, 1.807) is 6.07 Å². The van der Waals surface area contributed by atoms with Crippen molar-refractivity contribution in [1.82, 2.24) is 0 Å². The second kappa shape index (κ2) is 5.83. The van der Waals surface area contributed by atoms with Gasteiger partial charge in [0.05, 0.1) is 4.92 Å². The fourth-order valence-corrected chi connectivity index (χ4v) is 2.80. The van der Waals surface area contributed by atoms with Crippen molar-refractivity contribution >= 4 is 28.3 Å². The van der Waals surface area contributed by atoms with Crippen LogP contribution < -0.4 is 10.5 Å². The molecule has 18 heavy (non-hydrogen) atoms. The van der Waals surface area contributed by atoms with Crippen molar-refractivity contribution in [2.24, 2.45) is 11.7 Å². The normalized spacial score (nSPS) is 23.0. The lowest BCUT2D eigenvalue weighted by atomic mass is 10.1. The molecule has 6 heteroatoms. The van der Waals surface area contributed by atoms with Crippen molar-refractivity contribution in [3.05, 3.63) is 31.9 Å². The fraction of sp³-hybridized carbons (Fsp3) is 0.500. The number of halogens is 1. The average molecular weight is 362 g/mol. The molecule has 1 aliphatic rings. The third kappa shape index (κ3) is 2.92. The zero-order valence-corrected chi connectivity index (χ0v) is 12.0. The maximum absolute atomic E-state index is 11.0. The van der Waals surface area contributed by atoms with Crippen molar-refractivity contribution < 1.29 is 9.66 Å². The largest absolute Gasteiger partial charge is 0.483 e. The Bertz CT molecular complexity index is 453. The summed E-state index contributed by atoms with van der Waals surface area (Å²) < 4.78 is 6.63. The molecule has 0 aliphatic heterocycles. The van der Waals surface area contributed by atoms with Gasteiger partial charge in [-0.3, -0.25) is 10.1 Å². The maximum atomic E-state index is 11.0. The molecule has 2 rings (SSSR count). The first-order valence-corrected chi connectivity index (χ1v) is 7.00. The number of rotatable bonds is 4. The standard InChI is InChI=1S/C12H15IN2O3/c13-9-4-5-12(10(6-9)15(16)17)18-11-3-1-2-8(11)7-14/h4-6,8,11H,1-3,7,14H2/t8-,11-/m1/s1. The molecule has 1 aliphatic carbocycles. The van der Waals surface area contributed by atoms with Crippen LogP contribution in [0, 0.1) is 19.6 Å². The van der Waals surface area contributed by atoms with Crippen LogP contribution in [0.5, 0.6) is 5.75 Å². The number of nitro groups is 1. The second-order valence-electron chi connectivity index (χ2n) is 4.45. The Labute approximate surface area is 119 Å². The Kier molecular flexibility index (Phi) is 4.39. The highest BCUT2D eigenvalue weighted by atomic mass is 127. The molecule has 0 aromatic heterocycles. The average Bonchev–Trinajstić information content (AvgIpc) is 2.78. The lowest BCUT2D eigenvalue weighted by Gasteiger charge is -2.19. The van der Waals surface area contributed by atoms with E-state index in [1.165, 1.54) is 6.07 Å². The van der Waals surface area contributed by atoms with E-state index in [-0.39, 0.29) is 11.8 Å². The van der Waals surface area contributed by atoms with Crippen molar-refractivity contribution in [1.29, 1.82) is 0 Å². The molecule has 98 valence electrons. The highest BCUT2D eigenvalue weighted by Crippen LogP contribution is 2.34. The summed E-state index contributed by atoms with van der Waals surface area (Å²) in [5.41, 5.74) is 5.72. The Morgan fingerprint density at radius 1 is 1.50 bits per heavy atom. The number of nitrogens with zero attached hydrogens (tertiary/aromatic N) is 1. The van der Waals surface area contributed by atoms with Gasteiger partial charge in [-0.05, 0) is 60.5 Å². The molecular weight excluding hydrogens is 347 g/mol. The topological polar surface area (TPSA) is 78.4 Å². The molecule has 1 saturated carbocycles. The van der Waals surface area contributed by atoms with Gasteiger partial charge in [0, 0.05) is 15.6 Å². The summed E-state index contributed by atoms with van der Waals surface area (Å²) in [6.07, 6.45) is 3.04. The van der Waals surface area contributed by atoms with Crippen molar-refractivity contribution in [3.63, 3.8) is 0 Å². The molecule has 1 fully saturated rings. The van der Waals surface area contributed by atoms with E-state index in [0.29, 0.717) is 18.2 Å². The maximum Gasteiger partial charge on any atom is 0.311 e. The van der Waals surface area contributed by atoms with Gasteiger partial charge in [0.1, 0.15) is 6.10 Å². The summed E-state index contributed by atoms with van der Waals surface area (Å²) in [5, 5.41) is 11.0. The number of nitro benzene ring substituents is 1. The molecule has 0 unspecified atom stereocenters. The predicted octanol–water partition coefficient (Wildman–Crippen LogP) is 2.71. The Morgan fingerprint density at radius 3 is 2.94 bits per heavy atom. The molecule has 1 aromatic carbocycles. The third-order valence-corrected chi connectivity index (χ3v) is 3.96. The molecule has 5 nitrogen and oxygen atoms in total. The van der Waals surface area contributed by atoms with Gasteiger partial charge in [-0.2, -0.15) is 0 Å². The van der Waals surface area contributed by atoms with Crippen LogP contribution in [0.15, 0.2) is 18.2 Å². The van der Waals surface area contributed by atoms with E-state index < -0.39 is 4.92 Å². The summed E-state index contributed by atoms with van der Waals surface area (Å²) in [6, 6.07) is 5.02. The monoisotopic (exact) mass is 362 g/mol.